The molecule has 3 aromatic rings. The zero-order chi connectivity index (χ0) is 27.5. The van der Waals surface area contributed by atoms with Crippen LogP contribution in [0.25, 0.3) is 6.08 Å². The third kappa shape index (κ3) is 9.53. The Kier molecular flexibility index (Phi) is 9.75. The number of esters is 2. The Labute approximate surface area is 217 Å². The molecular weight excluding hydrogens is 501 g/mol. The summed E-state index contributed by atoms with van der Waals surface area (Å²) < 4.78 is 52.3. The van der Waals surface area contributed by atoms with Crippen LogP contribution >= 0.6 is 0 Å². The van der Waals surface area contributed by atoms with Gasteiger partial charge in [0.05, 0.1) is 18.8 Å². The van der Waals surface area contributed by atoms with Gasteiger partial charge < -0.3 is 25.7 Å². The smallest absolute Gasteiger partial charge is 0.389 e. The van der Waals surface area contributed by atoms with E-state index in [1.54, 1.807) is 48.5 Å². The highest BCUT2D eigenvalue weighted by atomic mass is 19.4. The van der Waals surface area contributed by atoms with Crippen molar-refractivity contribution in [1.82, 2.24) is 0 Å². The number of anilines is 2. The molecule has 3 rings (SSSR count). The standard InChI is InChI=1S/C28H27F3N2O5/c29-28(30,31)15-1-16-36-23-11-6-21(7-12-23)27(35)38-24-9-2-19(3-10-24)4-13-26(34)37-17-14-20-5-8-22(32)18-25(20)33/h2-13,18H,1,14-17,32-33H2. The van der Waals surface area contributed by atoms with Gasteiger partial charge in [-0.2, -0.15) is 13.2 Å². The number of halogens is 3. The number of nitrogen functional groups attached to an aromatic ring is 2. The van der Waals surface area contributed by atoms with Crippen LogP contribution in [0, 0.1) is 0 Å². The highest BCUT2D eigenvalue weighted by Gasteiger charge is 2.26. The summed E-state index contributed by atoms with van der Waals surface area (Å²) in [6.07, 6.45) is -1.97. The molecule has 0 radical (unpaired) electrons. The van der Waals surface area contributed by atoms with E-state index in [0.29, 0.717) is 34.9 Å². The quantitative estimate of drug-likeness (QED) is 0.110. The first-order valence-corrected chi connectivity index (χ1v) is 11.7. The maximum absolute atomic E-state index is 12.4. The molecule has 0 aliphatic rings. The molecule has 38 heavy (non-hydrogen) atoms. The molecule has 0 spiro atoms. The van der Waals surface area contributed by atoms with Crippen molar-refractivity contribution in [3.63, 3.8) is 0 Å². The third-order valence-corrected chi connectivity index (χ3v) is 5.25. The maximum atomic E-state index is 12.4. The molecule has 0 fully saturated rings. The zero-order valence-electron chi connectivity index (χ0n) is 20.4. The van der Waals surface area contributed by atoms with Crippen molar-refractivity contribution < 1.29 is 37.0 Å². The Bertz CT molecular complexity index is 1260. The van der Waals surface area contributed by atoms with Gasteiger partial charge in [0.1, 0.15) is 11.5 Å². The fraction of sp³-hybridized carbons (Fsp3) is 0.214. The van der Waals surface area contributed by atoms with Crippen LogP contribution in [0.2, 0.25) is 0 Å². The summed E-state index contributed by atoms with van der Waals surface area (Å²) in [5.74, 6) is -0.472. The summed E-state index contributed by atoms with van der Waals surface area (Å²) in [5.41, 5.74) is 14.4. The fourth-order valence-corrected chi connectivity index (χ4v) is 3.28. The normalized spacial score (nSPS) is 11.3. The second-order valence-corrected chi connectivity index (χ2v) is 8.26. The molecule has 0 heterocycles. The highest BCUT2D eigenvalue weighted by Crippen LogP contribution is 2.22. The number of carbonyl (C=O) groups excluding carboxylic acids is 2. The van der Waals surface area contributed by atoms with Gasteiger partial charge in [-0.15, -0.1) is 0 Å². The van der Waals surface area contributed by atoms with E-state index in [4.69, 9.17) is 25.7 Å². The summed E-state index contributed by atoms with van der Waals surface area (Å²) in [5, 5.41) is 0. The SMILES string of the molecule is Nc1ccc(CCOC(=O)C=Cc2ccc(OC(=O)c3ccc(OCCCC(F)(F)F)cc3)cc2)c(N)c1. The number of hydrogen-bond donors (Lipinski definition) is 2. The Hall–Kier alpha value is -4.47. The lowest BCUT2D eigenvalue weighted by Gasteiger charge is -2.09. The molecular formula is C28H27F3N2O5. The summed E-state index contributed by atoms with van der Waals surface area (Å²) in [6.45, 7) is 0.0813. The number of rotatable bonds is 11. The maximum Gasteiger partial charge on any atom is 0.389 e. The van der Waals surface area contributed by atoms with E-state index in [0.717, 1.165) is 5.56 Å². The second kappa shape index (κ2) is 13.2. The first kappa shape index (κ1) is 28.1. The van der Waals surface area contributed by atoms with Crippen LogP contribution in [0.5, 0.6) is 11.5 Å². The molecule has 0 saturated carbocycles. The molecule has 3 aromatic carbocycles. The van der Waals surface area contributed by atoms with E-state index in [2.05, 4.69) is 0 Å². The van der Waals surface area contributed by atoms with Crippen LogP contribution in [0.1, 0.15) is 34.3 Å². The average molecular weight is 529 g/mol. The van der Waals surface area contributed by atoms with Gasteiger partial charge in [0.2, 0.25) is 0 Å². The van der Waals surface area contributed by atoms with E-state index >= 15 is 0 Å². The molecule has 0 aromatic heterocycles. The van der Waals surface area contributed by atoms with Crippen molar-refractivity contribution in [1.29, 1.82) is 0 Å². The van der Waals surface area contributed by atoms with Crippen LogP contribution in [-0.4, -0.2) is 31.3 Å². The van der Waals surface area contributed by atoms with Crippen LogP contribution in [0.3, 0.4) is 0 Å². The fourth-order valence-electron chi connectivity index (χ4n) is 3.28. The van der Waals surface area contributed by atoms with Crippen molar-refractivity contribution in [3.8, 4) is 11.5 Å². The number of alkyl halides is 3. The van der Waals surface area contributed by atoms with Crippen molar-refractivity contribution in [2.45, 2.75) is 25.4 Å². The predicted molar refractivity (Wildman–Crippen MR) is 138 cm³/mol. The summed E-state index contributed by atoms with van der Waals surface area (Å²) in [7, 11) is 0. The number of nitrogens with two attached hydrogens (primary N) is 2. The molecule has 0 amide bonds. The molecule has 0 aliphatic heterocycles. The van der Waals surface area contributed by atoms with Crippen molar-refractivity contribution in [2.75, 3.05) is 24.7 Å². The Balaban J connectivity index is 1.42. The molecule has 0 atom stereocenters. The van der Waals surface area contributed by atoms with Gasteiger partial charge in [0, 0.05) is 30.3 Å². The molecule has 7 nitrogen and oxygen atoms in total. The van der Waals surface area contributed by atoms with Crippen molar-refractivity contribution >= 4 is 29.4 Å². The van der Waals surface area contributed by atoms with Gasteiger partial charge in [-0.1, -0.05) is 18.2 Å². The number of hydrogen-bond acceptors (Lipinski definition) is 7. The van der Waals surface area contributed by atoms with Crippen LogP contribution in [0.4, 0.5) is 24.5 Å². The second-order valence-electron chi connectivity index (χ2n) is 8.26. The van der Waals surface area contributed by atoms with E-state index in [1.807, 2.05) is 0 Å². The largest absolute Gasteiger partial charge is 0.494 e. The summed E-state index contributed by atoms with van der Waals surface area (Å²) in [6, 6.07) is 17.6. The van der Waals surface area contributed by atoms with E-state index in [9.17, 15) is 22.8 Å². The lowest BCUT2D eigenvalue weighted by atomic mass is 10.1. The number of benzene rings is 3. The molecule has 0 aliphatic carbocycles. The first-order valence-electron chi connectivity index (χ1n) is 11.7. The van der Waals surface area contributed by atoms with E-state index in [-0.39, 0.29) is 25.2 Å². The molecule has 0 unspecified atom stereocenters. The Morgan fingerprint density at radius 1 is 0.868 bits per heavy atom. The Morgan fingerprint density at radius 2 is 1.55 bits per heavy atom. The third-order valence-electron chi connectivity index (χ3n) is 5.25. The number of carbonyl (C=O) groups is 2. The van der Waals surface area contributed by atoms with Crippen molar-refractivity contribution in [3.05, 3.63) is 89.5 Å². The molecule has 0 bridgehead atoms. The van der Waals surface area contributed by atoms with Gasteiger partial charge in [-0.05, 0) is 72.2 Å². The summed E-state index contributed by atoms with van der Waals surface area (Å²) >= 11 is 0. The zero-order valence-corrected chi connectivity index (χ0v) is 20.4. The van der Waals surface area contributed by atoms with Crippen LogP contribution in [0.15, 0.2) is 72.8 Å². The van der Waals surface area contributed by atoms with E-state index in [1.165, 1.54) is 30.3 Å². The van der Waals surface area contributed by atoms with E-state index < -0.39 is 24.5 Å². The minimum Gasteiger partial charge on any atom is -0.494 e. The molecule has 0 saturated heterocycles. The van der Waals surface area contributed by atoms with Crippen molar-refractivity contribution in [2.24, 2.45) is 0 Å². The van der Waals surface area contributed by atoms with Crippen LogP contribution < -0.4 is 20.9 Å². The van der Waals surface area contributed by atoms with Gasteiger partial charge in [-0.3, -0.25) is 0 Å². The Morgan fingerprint density at radius 3 is 2.21 bits per heavy atom. The minimum absolute atomic E-state index is 0.0828. The summed E-state index contributed by atoms with van der Waals surface area (Å²) in [4.78, 5) is 24.3. The van der Waals surface area contributed by atoms with Gasteiger partial charge >= 0.3 is 18.1 Å². The minimum atomic E-state index is -4.22. The average Bonchev–Trinajstić information content (AvgIpc) is 2.87. The first-order chi connectivity index (χ1) is 18.1. The predicted octanol–water partition coefficient (Wildman–Crippen LogP) is 5.59. The monoisotopic (exact) mass is 528 g/mol. The topological polar surface area (TPSA) is 114 Å². The lowest BCUT2D eigenvalue weighted by molar-refractivity contribution is -0.138. The lowest BCUT2D eigenvalue weighted by Crippen LogP contribution is -2.10. The van der Waals surface area contributed by atoms with Gasteiger partial charge in [0.15, 0.2) is 0 Å². The molecule has 10 heteroatoms. The van der Waals surface area contributed by atoms with Gasteiger partial charge in [-0.25, -0.2) is 9.59 Å². The molecule has 4 N–H and O–H groups in total. The van der Waals surface area contributed by atoms with Gasteiger partial charge in [0.25, 0.3) is 0 Å². The van der Waals surface area contributed by atoms with Crippen LogP contribution in [-0.2, 0) is 16.0 Å². The number of ether oxygens (including phenoxy) is 3. The highest BCUT2D eigenvalue weighted by molar-refractivity contribution is 5.91. The molecule has 200 valence electrons.